The van der Waals surface area contributed by atoms with Gasteiger partial charge in [-0.1, -0.05) is 103 Å². The summed E-state index contributed by atoms with van der Waals surface area (Å²) in [7, 11) is 0. The molecule has 10 rings (SSSR count). The second-order valence-corrected chi connectivity index (χ2v) is 12.1. The average molecular weight is 587 g/mol. The topological polar surface area (TPSA) is 26.4 Å². The minimum Gasteiger partial charge on any atom is -0.309 e. The van der Waals surface area contributed by atoms with E-state index in [2.05, 4.69) is 138 Å². The van der Waals surface area contributed by atoms with Crippen molar-refractivity contribution in [2.45, 2.75) is 0 Å². The zero-order chi connectivity index (χ0) is 30.4. The van der Waals surface area contributed by atoms with Crippen molar-refractivity contribution in [1.82, 2.24) is 8.97 Å². The number of aromatic nitrogens is 2. The molecular weight excluding hydrogens is 560 g/mol. The molecule has 0 aliphatic rings. The molecule has 0 unspecified atom stereocenters. The predicted octanol–water partition coefficient (Wildman–Crippen LogP) is 10.6. The molecule has 0 aliphatic carbocycles. The minimum absolute atomic E-state index is 0.0251. The van der Waals surface area contributed by atoms with Crippen LogP contribution in [0.2, 0.25) is 0 Å². The van der Waals surface area contributed by atoms with E-state index in [0.29, 0.717) is 0 Å². The Bertz CT molecular complexity index is 2860. The summed E-state index contributed by atoms with van der Waals surface area (Å²) < 4.78 is 4.28. The van der Waals surface area contributed by atoms with Crippen molar-refractivity contribution in [3.63, 3.8) is 0 Å². The van der Waals surface area contributed by atoms with Crippen molar-refractivity contribution in [3.8, 4) is 27.9 Å². The van der Waals surface area contributed by atoms with Crippen molar-refractivity contribution >= 4 is 59.8 Å². The van der Waals surface area contributed by atoms with Gasteiger partial charge >= 0.3 is 0 Å². The lowest BCUT2D eigenvalue weighted by molar-refractivity contribution is 1.18. The number of rotatable bonds is 3. The van der Waals surface area contributed by atoms with E-state index < -0.39 is 0 Å². The van der Waals surface area contributed by atoms with Crippen molar-refractivity contribution in [2.24, 2.45) is 0 Å². The maximum absolute atomic E-state index is 14.0. The zero-order valence-corrected chi connectivity index (χ0v) is 24.8. The highest BCUT2D eigenvalue weighted by Gasteiger charge is 2.20. The average Bonchev–Trinajstić information content (AvgIpc) is 3.64. The van der Waals surface area contributed by atoms with Crippen molar-refractivity contribution in [1.29, 1.82) is 0 Å². The second kappa shape index (κ2) is 9.40. The summed E-state index contributed by atoms with van der Waals surface area (Å²) in [6.45, 7) is 0. The van der Waals surface area contributed by atoms with Crippen LogP contribution in [-0.4, -0.2) is 8.97 Å². The molecule has 7 aromatic carbocycles. The van der Waals surface area contributed by atoms with Gasteiger partial charge in [0.15, 0.2) is 0 Å². The van der Waals surface area contributed by atoms with Gasteiger partial charge in [0.05, 0.1) is 22.1 Å². The SMILES string of the molecule is O=c1c2ccccc2c2cc(-c3ccccc3)cc3c4cc(-c5ccc6c7ccccc7n(-c7ccccc7)c6c5)ccc4n1c23. The van der Waals surface area contributed by atoms with Crippen LogP contribution in [0.15, 0.2) is 163 Å². The van der Waals surface area contributed by atoms with Crippen LogP contribution in [0.3, 0.4) is 0 Å². The van der Waals surface area contributed by atoms with E-state index in [9.17, 15) is 4.79 Å². The third-order valence-corrected chi connectivity index (χ3v) is 9.64. The lowest BCUT2D eigenvalue weighted by Gasteiger charge is -2.09. The van der Waals surface area contributed by atoms with E-state index in [1.165, 1.54) is 21.8 Å². The van der Waals surface area contributed by atoms with Crippen LogP contribution in [0, 0.1) is 0 Å². The summed E-state index contributed by atoms with van der Waals surface area (Å²) >= 11 is 0. The molecule has 0 radical (unpaired) electrons. The first-order chi connectivity index (χ1) is 22.7. The van der Waals surface area contributed by atoms with Crippen molar-refractivity contribution in [3.05, 3.63) is 168 Å². The van der Waals surface area contributed by atoms with Gasteiger partial charge in [0.2, 0.25) is 0 Å². The number of nitrogens with zero attached hydrogens (tertiary/aromatic N) is 2. The fourth-order valence-electron chi connectivity index (χ4n) is 7.57. The van der Waals surface area contributed by atoms with E-state index in [0.717, 1.165) is 65.9 Å². The third-order valence-electron chi connectivity index (χ3n) is 9.64. The number of pyridine rings is 1. The Morgan fingerprint density at radius 1 is 0.348 bits per heavy atom. The fourth-order valence-corrected chi connectivity index (χ4v) is 7.57. The summed E-state index contributed by atoms with van der Waals surface area (Å²) in [6.07, 6.45) is 0. The first-order valence-corrected chi connectivity index (χ1v) is 15.7. The van der Waals surface area contributed by atoms with Gasteiger partial charge in [-0.05, 0) is 82.2 Å². The van der Waals surface area contributed by atoms with Gasteiger partial charge in [-0.2, -0.15) is 0 Å². The number of hydrogen-bond acceptors (Lipinski definition) is 1. The summed E-state index contributed by atoms with van der Waals surface area (Å²) in [6, 6.07) is 55.5. The molecule has 0 N–H and O–H groups in total. The number of benzene rings is 7. The molecule has 10 aromatic rings. The lowest BCUT2D eigenvalue weighted by Crippen LogP contribution is -2.12. The molecule has 0 saturated carbocycles. The summed E-state index contributed by atoms with van der Waals surface area (Å²) in [4.78, 5) is 14.0. The maximum Gasteiger partial charge on any atom is 0.263 e. The Morgan fingerprint density at radius 3 is 1.74 bits per heavy atom. The highest BCUT2D eigenvalue weighted by Crippen LogP contribution is 2.40. The van der Waals surface area contributed by atoms with Crippen LogP contribution in [-0.2, 0) is 0 Å². The van der Waals surface area contributed by atoms with Gasteiger partial charge in [0, 0.05) is 38.0 Å². The smallest absolute Gasteiger partial charge is 0.263 e. The van der Waals surface area contributed by atoms with Crippen LogP contribution in [0.5, 0.6) is 0 Å². The Morgan fingerprint density at radius 2 is 0.935 bits per heavy atom. The standard InChI is InChI=1S/C43H26N2O/c46-43-35-17-8-7-15-32(35)37-24-30(27-11-3-1-4-12-27)25-38-36-23-28(20-22-40(36)45(43)42(37)38)29-19-21-34-33-16-9-10-18-39(33)44(41(34)26-29)31-13-5-2-6-14-31/h1-26H. The molecule has 0 aliphatic heterocycles. The highest BCUT2D eigenvalue weighted by molar-refractivity contribution is 6.22. The van der Waals surface area contributed by atoms with E-state index in [-0.39, 0.29) is 5.56 Å². The molecule has 0 amide bonds. The largest absolute Gasteiger partial charge is 0.309 e. The van der Waals surface area contributed by atoms with Crippen LogP contribution < -0.4 is 5.56 Å². The molecule has 214 valence electrons. The molecule has 3 heterocycles. The molecule has 0 spiro atoms. The molecule has 3 aromatic heterocycles. The van der Waals surface area contributed by atoms with Crippen molar-refractivity contribution < 1.29 is 0 Å². The van der Waals surface area contributed by atoms with Gasteiger partial charge in [0.1, 0.15) is 0 Å². The van der Waals surface area contributed by atoms with E-state index in [1.807, 2.05) is 28.7 Å². The summed E-state index contributed by atoms with van der Waals surface area (Å²) in [5.41, 5.74) is 10.0. The van der Waals surface area contributed by atoms with Crippen LogP contribution in [0.4, 0.5) is 0 Å². The van der Waals surface area contributed by atoms with Crippen LogP contribution >= 0.6 is 0 Å². The van der Waals surface area contributed by atoms with E-state index in [4.69, 9.17) is 0 Å². The number of para-hydroxylation sites is 2. The molecule has 0 bridgehead atoms. The van der Waals surface area contributed by atoms with E-state index in [1.54, 1.807) is 0 Å². The van der Waals surface area contributed by atoms with Gasteiger partial charge in [-0.25, -0.2) is 0 Å². The Kier molecular flexibility index (Phi) is 5.15. The summed E-state index contributed by atoms with van der Waals surface area (Å²) in [5.74, 6) is 0. The molecule has 0 fully saturated rings. The quantitative estimate of drug-likeness (QED) is 0.189. The van der Waals surface area contributed by atoms with Crippen molar-refractivity contribution in [2.75, 3.05) is 0 Å². The second-order valence-electron chi connectivity index (χ2n) is 12.1. The van der Waals surface area contributed by atoms with E-state index >= 15 is 0 Å². The summed E-state index contributed by atoms with van der Waals surface area (Å²) in [5, 5.41) is 7.47. The molecule has 46 heavy (non-hydrogen) atoms. The highest BCUT2D eigenvalue weighted by atomic mass is 16.1. The lowest BCUT2D eigenvalue weighted by atomic mass is 9.96. The monoisotopic (exact) mass is 586 g/mol. The molecule has 3 heteroatoms. The Labute approximate surface area is 264 Å². The Hall–Kier alpha value is -6.19. The zero-order valence-electron chi connectivity index (χ0n) is 24.8. The molecule has 3 nitrogen and oxygen atoms in total. The molecule has 0 atom stereocenters. The van der Waals surface area contributed by atoms with Gasteiger partial charge in [0.25, 0.3) is 5.56 Å². The normalized spacial score (nSPS) is 12.0. The van der Waals surface area contributed by atoms with Gasteiger partial charge in [-0.3, -0.25) is 9.20 Å². The number of hydrogen-bond donors (Lipinski definition) is 0. The first kappa shape index (κ1) is 25.2. The van der Waals surface area contributed by atoms with Gasteiger partial charge in [-0.15, -0.1) is 0 Å². The Balaban J connectivity index is 1.28. The number of fused-ring (bicyclic) bond motifs is 8. The maximum atomic E-state index is 14.0. The predicted molar refractivity (Wildman–Crippen MR) is 193 cm³/mol. The third kappa shape index (κ3) is 3.45. The first-order valence-electron chi connectivity index (χ1n) is 15.7. The molecular formula is C43H26N2O. The fraction of sp³-hybridized carbons (Fsp3) is 0. The minimum atomic E-state index is 0.0251. The molecule has 0 saturated heterocycles. The van der Waals surface area contributed by atoms with Crippen LogP contribution in [0.25, 0.3) is 87.7 Å². The van der Waals surface area contributed by atoms with Crippen LogP contribution in [0.1, 0.15) is 0 Å². The van der Waals surface area contributed by atoms with Gasteiger partial charge < -0.3 is 4.57 Å².